The summed E-state index contributed by atoms with van der Waals surface area (Å²) in [5.74, 6) is 0.584. The Labute approximate surface area is 194 Å². The third-order valence-corrected chi connectivity index (χ3v) is 7.58. The molecule has 0 unspecified atom stereocenters. The number of nitrogens with zero attached hydrogens (tertiary/aromatic N) is 4. The number of guanidine groups is 1. The normalized spacial score (nSPS) is 18.0. The van der Waals surface area contributed by atoms with E-state index in [9.17, 15) is 12.8 Å². The average molecular weight is 549 g/mol. The smallest absolute Gasteiger partial charge is 0.194 e. The van der Waals surface area contributed by atoms with Gasteiger partial charge in [0, 0.05) is 38.8 Å². The molecule has 1 fully saturated rings. The molecule has 30 heavy (non-hydrogen) atoms. The van der Waals surface area contributed by atoms with Gasteiger partial charge < -0.3 is 10.2 Å². The summed E-state index contributed by atoms with van der Waals surface area (Å²) >= 11 is 0. The first kappa shape index (κ1) is 24.6. The minimum atomic E-state index is -3.09. The fraction of sp³-hybridized carbons (Fsp3) is 0.500. The molecule has 0 atom stereocenters. The van der Waals surface area contributed by atoms with Gasteiger partial charge >= 0.3 is 0 Å². The molecule has 2 heterocycles. The van der Waals surface area contributed by atoms with Crippen molar-refractivity contribution in [2.45, 2.75) is 31.9 Å². The molecule has 1 aliphatic heterocycles. The number of halogens is 2. The number of aromatic nitrogens is 2. The van der Waals surface area contributed by atoms with Crippen LogP contribution in [0.5, 0.6) is 0 Å². The molecule has 1 N–H and O–H groups in total. The van der Waals surface area contributed by atoms with E-state index in [-0.39, 0.29) is 35.5 Å². The van der Waals surface area contributed by atoms with Gasteiger partial charge in [-0.25, -0.2) is 17.5 Å². The highest BCUT2D eigenvalue weighted by atomic mass is 127. The van der Waals surface area contributed by atoms with Crippen LogP contribution < -0.4 is 5.32 Å². The second-order valence-electron chi connectivity index (χ2n) is 7.71. The van der Waals surface area contributed by atoms with Gasteiger partial charge in [-0.05, 0) is 51.1 Å². The summed E-state index contributed by atoms with van der Waals surface area (Å²) < 4.78 is 38.5. The van der Waals surface area contributed by atoms with Crippen LogP contribution in [0.15, 0.2) is 41.5 Å². The lowest BCUT2D eigenvalue weighted by molar-refractivity contribution is 0.353. The maximum Gasteiger partial charge on any atom is 0.194 e. The third-order valence-electron chi connectivity index (χ3n) is 5.04. The molecule has 0 amide bonds. The molecular formula is C20H29FIN5O2S. The van der Waals surface area contributed by atoms with Crippen molar-refractivity contribution in [3.8, 4) is 5.69 Å². The molecule has 1 aromatic heterocycles. The molecule has 1 aliphatic rings. The van der Waals surface area contributed by atoms with Gasteiger partial charge in [-0.1, -0.05) is 0 Å². The predicted octanol–water partition coefficient (Wildman–Crippen LogP) is 2.65. The van der Waals surface area contributed by atoms with Crippen molar-refractivity contribution in [3.05, 3.63) is 48.0 Å². The second-order valence-corrected chi connectivity index (χ2v) is 10.5. The Morgan fingerprint density at radius 1 is 1.27 bits per heavy atom. The molecule has 10 heteroatoms. The van der Waals surface area contributed by atoms with E-state index in [0.717, 1.165) is 17.3 Å². The number of sulfone groups is 1. The summed E-state index contributed by atoms with van der Waals surface area (Å²) in [5.41, 5.74) is 1.68. The highest BCUT2D eigenvalue weighted by molar-refractivity contribution is 14.0. The van der Waals surface area contributed by atoms with Gasteiger partial charge in [-0.3, -0.25) is 4.99 Å². The Bertz CT molecular complexity index is 973. The zero-order chi connectivity index (χ0) is 21.1. The van der Waals surface area contributed by atoms with E-state index in [1.807, 2.05) is 24.1 Å². The van der Waals surface area contributed by atoms with Crippen LogP contribution >= 0.6 is 24.0 Å². The molecule has 0 spiro atoms. The summed E-state index contributed by atoms with van der Waals surface area (Å²) in [5, 5.41) is 7.78. The van der Waals surface area contributed by atoms with Crippen molar-refractivity contribution < 1.29 is 12.8 Å². The Morgan fingerprint density at radius 3 is 2.60 bits per heavy atom. The zero-order valence-corrected chi connectivity index (χ0v) is 20.7. The van der Waals surface area contributed by atoms with Crippen LogP contribution in [-0.2, 0) is 16.3 Å². The van der Waals surface area contributed by atoms with Gasteiger partial charge in [-0.15, -0.1) is 24.0 Å². The van der Waals surface area contributed by atoms with Gasteiger partial charge in [0.25, 0.3) is 0 Å². The Kier molecular flexibility index (Phi) is 8.26. The predicted molar refractivity (Wildman–Crippen MR) is 128 cm³/mol. The summed E-state index contributed by atoms with van der Waals surface area (Å²) in [6.07, 6.45) is 2.49. The van der Waals surface area contributed by atoms with Crippen LogP contribution in [0.25, 0.3) is 5.69 Å². The maximum atomic E-state index is 13.1. The molecule has 166 valence electrons. The maximum absolute atomic E-state index is 13.1. The minimum absolute atomic E-state index is 0. The first-order valence-electron chi connectivity index (χ1n) is 9.78. The highest BCUT2D eigenvalue weighted by Crippen LogP contribution is 2.23. The number of nitrogens with one attached hydrogen (secondary N) is 1. The van der Waals surface area contributed by atoms with Crippen molar-refractivity contribution in [1.82, 2.24) is 20.0 Å². The summed E-state index contributed by atoms with van der Waals surface area (Å²) in [7, 11) is -3.09. The number of rotatable bonds is 5. The van der Waals surface area contributed by atoms with E-state index in [0.29, 0.717) is 32.6 Å². The number of aliphatic imine (C=N–C) groups is 1. The van der Waals surface area contributed by atoms with Gasteiger partial charge in [-0.2, -0.15) is 5.10 Å². The van der Waals surface area contributed by atoms with E-state index >= 15 is 0 Å². The Hall–Kier alpha value is -1.69. The first-order chi connectivity index (χ1) is 13.7. The summed E-state index contributed by atoms with van der Waals surface area (Å²) in [4.78, 5) is 6.69. The molecule has 2 aromatic rings. The summed E-state index contributed by atoms with van der Waals surface area (Å²) in [6.45, 7) is 7.62. The van der Waals surface area contributed by atoms with E-state index in [2.05, 4.69) is 15.4 Å². The molecule has 0 aliphatic carbocycles. The third kappa shape index (κ3) is 5.71. The lowest BCUT2D eigenvalue weighted by atomic mass is 10.2. The molecule has 0 radical (unpaired) electrons. The van der Waals surface area contributed by atoms with E-state index in [4.69, 9.17) is 0 Å². The van der Waals surface area contributed by atoms with Crippen LogP contribution in [-0.4, -0.2) is 65.7 Å². The van der Waals surface area contributed by atoms with Crippen LogP contribution in [0, 0.1) is 5.82 Å². The van der Waals surface area contributed by atoms with Crippen LogP contribution in [0.3, 0.4) is 0 Å². The standard InChI is InChI=1S/C20H28FN5O2S.HI/c1-4-22-19(25-13-14-29(27,28)20(2,3)15-25)23-11-9-17-10-12-26(24-17)18-7-5-16(21)6-8-18;/h5-8,10,12H,4,9,11,13-15H2,1-3H3,(H,22,23);1H. The molecule has 1 aromatic carbocycles. The highest BCUT2D eigenvalue weighted by Gasteiger charge is 2.40. The van der Waals surface area contributed by atoms with Crippen LogP contribution in [0.1, 0.15) is 26.5 Å². The quantitative estimate of drug-likeness (QED) is 0.353. The van der Waals surface area contributed by atoms with E-state index in [1.165, 1.54) is 12.1 Å². The molecule has 0 saturated carbocycles. The van der Waals surface area contributed by atoms with Crippen molar-refractivity contribution >= 4 is 39.8 Å². The SMILES string of the molecule is CCNC(=NCCc1ccn(-c2ccc(F)cc2)n1)N1CCS(=O)(=O)C(C)(C)C1.I. The minimum Gasteiger partial charge on any atom is -0.357 e. The van der Waals surface area contributed by atoms with Crippen molar-refractivity contribution in [2.75, 3.05) is 31.9 Å². The fourth-order valence-electron chi connectivity index (χ4n) is 3.26. The van der Waals surface area contributed by atoms with Crippen molar-refractivity contribution in [2.24, 2.45) is 4.99 Å². The lowest BCUT2D eigenvalue weighted by Crippen LogP contribution is -2.57. The number of hydrogen-bond donors (Lipinski definition) is 1. The molecule has 0 bridgehead atoms. The summed E-state index contributed by atoms with van der Waals surface area (Å²) in [6, 6.07) is 8.09. The number of hydrogen-bond acceptors (Lipinski definition) is 4. The molecule has 1 saturated heterocycles. The topological polar surface area (TPSA) is 79.6 Å². The second kappa shape index (κ2) is 10.1. The average Bonchev–Trinajstić information content (AvgIpc) is 3.13. The molecule has 7 nitrogen and oxygen atoms in total. The number of benzene rings is 1. The zero-order valence-electron chi connectivity index (χ0n) is 17.5. The van der Waals surface area contributed by atoms with Gasteiger partial charge in [0.1, 0.15) is 5.82 Å². The van der Waals surface area contributed by atoms with Crippen molar-refractivity contribution in [1.29, 1.82) is 0 Å². The fourth-order valence-corrected chi connectivity index (χ4v) is 4.63. The largest absolute Gasteiger partial charge is 0.357 e. The first-order valence-corrected chi connectivity index (χ1v) is 11.4. The van der Waals surface area contributed by atoms with Gasteiger partial charge in [0.15, 0.2) is 15.8 Å². The van der Waals surface area contributed by atoms with Crippen LogP contribution in [0.2, 0.25) is 0 Å². The Morgan fingerprint density at radius 2 is 1.97 bits per heavy atom. The monoisotopic (exact) mass is 549 g/mol. The van der Waals surface area contributed by atoms with Crippen molar-refractivity contribution in [3.63, 3.8) is 0 Å². The van der Waals surface area contributed by atoms with E-state index in [1.54, 1.807) is 30.7 Å². The van der Waals surface area contributed by atoms with Gasteiger partial charge in [0.2, 0.25) is 0 Å². The van der Waals surface area contributed by atoms with Crippen LogP contribution in [0.4, 0.5) is 4.39 Å². The lowest BCUT2D eigenvalue weighted by Gasteiger charge is -2.39. The Balaban J connectivity index is 0.00000320. The molecule has 3 rings (SSSR count). The van der Waals surface area contributed by atoms with Gasteiger partial charge in [0.05, 0.1) is 21.9 Å². The van der Waals surface area contributed by atoms with E-state index < -0.39 is 14.6 Å². The molecular weight excluding hydrogens is 520 g/mol.